The van der Waals surface area contributed by atoms with E-state index >= 15 is 0 Å². The highest BCUT2D eigenvalue weighted by Gasteiger charge is 2.38. The Bertz CT molecular complexity index is 575. The first-order valence-electron chi connectivity index (χ1n) is 5.47. The Hall–Kier alpha value is -2.39. The highest BCUT2D eigenvalue weighted by Crippen LogP contribution is 2.28. The maximum absolute atomic E-state index is 12.5. The Balaban J connectivity index is 2.25. The van der Waals surface area contributed by atoms with Crippen molar-refractivity contribution in [2.24, 2.45) is 0 Å². The molecule has 2 amide bonds. The van der Waals surface area contributed by atoms with E-state index < -0.39 is 29.9 Å². The topological polar surface area (TPSA) is 101 Å². The first-order valence-corrected chi connectivity index (χ1v) is 5.47. The van der Waals surface area contributed by atoms with Gasteiger partial charge in [0, 0.05) is 13.1 Å². The molecular formula is C10H10F3N5O2. The average molecular weight is 289 g/mol. The highest BCUT2D eigenvalue weighted by molar-refractivity contribution is 6.06. The summed E-state index contributed by atoms with van der Waals surface area (Å²) in [6.07, 6.45) is -4.90. The van der Waals surface area contributed by atoms with Crippen LogP contribution in [0.1, 0.15) is 12.2 Å². The van der Waals surface area contributed by atoms with Crippen LogP contribution in [0, 0.1) is 0 Å². The lowest BCUT2D eigenvalue weighted by molar-refractivity contribution is -0.144. The van der Waals surface area contributed by atoms with E-state index in [0.29, 0.717) is 0 Å². The number of nitrogens with zero attached hydrogens (tertiary/aromatic N) is 3. The number of carbonyl (C=O) groups is 2. The van der Waals surface area contributed by atoms with E-state index in [9.17, 15) is 22.8 Å². The fourth-order valence-electron chi connectivity index (χ4n) is 1.71. The summed E-state index contributed by atoms with van der Waals surface area (Å²) in [6.45, 7) is 0. The third kappa shape index (κ3) is 2.63. The van der Waals surface area contributed by atoms with Crippen LogP contribution in [0.25, 0.3) is 0 Å². The molecule has 3 N–H and O–H groups in total. The number of halogens is 3. The van der Waals surface area contributed by atoms with Gasteiger partial charge in [-0.25, -0.2) is 9.97 Å². The monoisotopic (exact) mass is 289 g/mol. The average Bonchev–Trinajstić information content (AvgIpc) is 2.55. The summed E-state index contributed by atoms with van der Waals surface area (Å²) in [4.78, 5) is 30.1. The molecule has 20 heavy (non-hydrogen) atoms. The zero-order valence-electron chi connectivity index (χ0n) is 10.2. The predicted octanol–water partition coefficient (Wildman–Crippen LogP) is 0.247. The third-order valence-electron chi connectivity index (χ3n) is 2.70. The molecule has 2 heterocycles. The largest absolute Gasteiger partial charge is 0.451 e. The Morgan fingerprint density at radius 1 is 1.40 bits per heavy atom. The van der Waals surface area contributed by atoms with E-state index in [2.05, 4.69) is 15.3 Å². The van der Waals surface area contributed by atoms with Gasteiger partial charge in [-0.2, -0.15) is 13.2 Å². The number of amides is 2. The van der Waals surface area contributed by atoms with Gasteiger partial charge in [0.15, 0.2) is 0 Å². The van der Waals surface area contributed by atoms with Crippen molar-refractivity contribution in [3.05, 3.63) is 11.9 Å². The second-order valence-corrected chi connectivity index (χ2v) is 4.19. The summed E-state index contributed by atoms with van der Waals surface area (Å²) in [5.74, 6) is -3.03. The molecule has 0 spiro atoms. The number of imide groups is 1. The third-order valence-corrected chi connectivity index (χ3v) is 2.70. The molecule has 1 atom stereocenters. The number of likely N-dealkylation sites (N-methyl/N-ethyl adjacent to an activating group) is 1. The number of aromatic nitrogens is 2. The highest BCUT2D eigenvalue weighted by atomic mass is 19.4. The predicted molar refractivity (Wildman–Crippen MR) is 61.3 cm³/mol. The lowest BCUT2D eigenvalue weighted by Crippen LogP contribution is -2.32. The fourth-order valence-corrected chi connectivity index (χ4v) is 1.71. The zero-order chi connectivity index (χ0) is 15.1. The molecule has 0 aromatic carbocycles. The normalized spacial score (nSPS) is 19.6. The van der Waals surface area contributed by atoms with Gasteiger partial charge < -0.3 is 11.1 Å². The quantitative estimate of drug-likeness (QED) is 0.757. The van der Waals surface area contributed by atoms with Gasteiger partial charge in [-0.3, -0.25) is 14.5 Å². The summed E-state index contributed by atoms with van der Waals surface area (Å²) < 4.78 is 37.6. The van der Waals surface area contributed by atoms with Gasteiger partial charge in [-0.15, -0.1) is 0 Å². The van der Waals surface area contributed by atoms with E-state index in [0.717, 1.165) is 11.0 Å². The summed E-state index contributed by atoms with van der Waals surface area (Å²) in [5, 5.41) is 2.46. The van der Waals surface area contributed by atoms with Gasteiger partial charge in [0.1, 0.15) is 17.7 Å². The zero-order valence-corrected chi connectivity index (χ0v) is 10.2. The standard InChI is InChI=1S/C10H10F3N5O2/c1-18-7(19)2-4(8(18)20)15-6-3-5(14)16-9(17-6)10(11,12)13/h3-4H,2H2,1H3,(H3,14,15,16,17). The number of hydrogen-bond acceptors (Lipinski definition) is 6. The molecule has 1 unspecified atom stereocenters. The van der Waals surface area contributed by atoms with Crippen molar-refractivity contribution in [3.8, 4) is 0 Å². The molecule has 0 radical (unpaired) electrons. The molecule has 7 nitrogen and oxygen atoms in total. The number of hydrogen-bond donors (Lipinski definition) is 2. The van der Waals surface area contributed by atoms with Crippen molar-refractivity contribution in [1.82, 2.24) is 14.9 Å². The smallest absolute Gasteiger partial charge is 0.384 e. The summed E-state index contributed by atoms with van der Waals surface area (Å²) in [7, 11) is 1.29. The Kier molecular flexibility index (Phi) is 3.24. The minimum atomic E-state index is -4.75. The van der Waals surface area contributed by atoms with Crippen LogP contribution in [0.5, 0.6) is 0 Å². The van der Waals surface area contributed by atoms with Gasteiger partial charge in [0.2, 0.25) is 11.7 Å². The van der Waals surface area contributed by atoms with Crippen molar-refractivity contribution in [3.63, 3.8) is 0 Å². The van der Waals surface area contributed by atoms with Crippen LogP contribution >= 0.6 is 0 Å². The van der Waals surface area contributed by atoms with E-state index in [1.54, 1.807) is 0 Å². The van der Waals surface area contributed by atoms with Gasteiger partial charge >= 0.3 is 6.18 Å². The fraction of sp³-hybridized carbons (Fsp3) is 0.400. The van der Waals surface area contributed by atoms with E-state index in [4.69, 9.17) is 5.73 Å². The van der Waals surface area contributed by atoms with Crippen LogP contribution < -0.4 is 11.1 Å². The SMILES string of the molecule is CN1C(=O)CC(Nc2cc(N)nc(C(F)(F)F)n2)C1=O. The Labute approximate surface area is 111 Å². The van der Waals surface area contributed by atoms with Gasteiger partial charge in [-0.05, 0) is 0 Å². The number of carbonyl (C=O) groups excluding carboxylic acids is 2. The van der Waals surface area contributed by atoms with Crippen molar-refractivity contribution >= 4 is 23.5 Å². The molecule has 1 aromatic rings. The minimum absolute atomic E-state index is 0.152. The first kappa shape index (κ1) is 14.0. The molecule has 2 rings (SSSR count). The molecule has 1 aromatic heterocycles. The molecule has 1 aliphatic rings. The molecule has 1 saturated heterocycles. The number of nitrogens with two attached hydrogens (primary N) is 1. The molecule has 0 bridgehead atoms. The summed E-state index contributed by atoms with van der Waals surface area (Å²) in [5.41, 5.74) is 5.27. The number of alkyl halides is 3. The molecule has 1 fully saturated rings. The molecular weight excluding hydrogens is 279 g/mol. The van der Waals surface area contributed by atoms with Crippen LogP contribution in [0.3, 0.4) is 0 Å². The van der Waals surface area contributed by atoms with Crippen molar-refractivity contribution in [1.29, 1.82) is 0 Å². The number of nitrogens with one attached hydrogen (secondary N) is 1. The first-order chi connectivity index (χ1) is 9.18. The van der Waals surface area contributed by atoms with Crippen molar-refractivity contribution < 1.29 is 22.8 Å². The number of rotatable bonds is 2. The maximum atomic E-state index is 12.5. The van der Waals surface area contributed by atoms with E-state index in [1.807, 2.05) is 0 Å². The number of likely N-dealkylation sites (tertiary alicyclic amines) is 1. The molecule has 0 saturated carbocycles. The van der Waals surface area contributed by atoms with Crippen LogP contribution in [-0.2, 0) is 15.8 Å². The van der Waals surface area contributed by atoms with E-state index in [-0.39, 0.29) is 18.1 Å². The van der Waals surface area contributed by atoms with Crippen LogP contribution in [0.4, 0.5) is 24.8 Å². The van der Waals surface area contributed by atoms with Gasteiger partial charge in [-0.1, -0.05) is 0 Å². The summed E-state index contributed by atoms with van der Waals surface area (Å²) >= 11 is 0. The van der Waals surface area contributed by atoms with Crippen LogP contribution in [0.15, 0.2) is 6.07 Å². The molecule has 0 aliphatic carbocycles. The molecule has 10 heteroatoms. The second kappa shape index (κ2) is 4.62. The lowest BCUT2D eigenvalue weighted by atomic mass is 10.2. The minimum Gasteiger partial charge on any atom is -0.384 e. The second-order valence-electron chi connectivity index (χ2n) is 4.19. The number of anilines is 2. The van der Waals surface area contributed by atoms with Crippen molar-refractivity contribution in [2.75, 3.05) is 18.1 Å². The van der Waals surface area contributed by atoms with Crippen LogP contribution in [-0.4, -0.2) is 39.8 Å². The number of nitrogen functional groups attached to an aromatic ring is 1. The lowest BCUT2D eigenvalue weighted by Gasteiger charge is -2.13. The van der Waals surface area contributed by atoms with Crippen molar-refractivity contribution in [2.45, 2.75) is 18.6 Å². The van der Waals surface area contributed by atoms with Crippen LogP contribution in [0.2, 0.25) is 0 Å². The maximum Gasteiger partial charge on any atom is 0.451 e. The Morgan fingerprint density at radius 2 is 2.05 bits per heavy atom. The molecule has 108 valence electrons. The van der Waals surface area contributed by atoms with Gasteiger partial charge in [0.05, 0.1) is 6.42 Å². The van der Waals surface area contributed by atoms with Gasteiger partial charge in [0.25, 0.3) is 5.91 Å². The summed E-state index contributed by atoms with van der Waals surface area (Å²) in [6, 6.07) is 0.105. The Morgan fingerprint density at radius 3 is 2.55 bits per heavy atom. The van der Waals surface area contributed by atoms with E-state index in [1.165, 1.54) is 7.05 Å². The molecule has 1 aliphatic heterocycles.